The van der Waals surface area contributed by atoms with Crippen molar-refractivity contribution in [3.8, 4) is 0 Å². The maximum atomic E-state index is 12.5. The van der Waals surface area contributed by atoms with Gasteiger partial charge in [0, 0.05) is 11.0 Å². The van der Waals surface area contributed by atoms with E-state index in [9.17, 15) is 4.79 Å². The fraction of sp³-hybridized carbons (Fsp3) is 0.667. The zero-order valence-electron chi connectivity index (χ0n) is 16.9. The molecule has 0 saturated carbocycles. The van der Waals surface area contributed by atoms with Crippen molar-refractivity contribution in [1.29, 1.82) is 0 Å². The van der Waals surface area contributed by atoms with Gasteiger partial charge < -0.3 is 5.32 Å². The van der Waals surface area contributed by atoms with E-state index in [2.05, 4.69) is 46.9 Å². The lowest BCUT2D eigenvalue weighted by Gasteiger charge is -2.33. The molecular weight excluding hydrogens is 282 g/mol. The molecule has 0 aliphatic carbocycles. The zero-order chi connectivity index (χ0) is 18.5. The van der Waals surface area contributed by atoms with Crippen molar-refractivity contribution in [2.45, 2.75) is 68.2 Å². The topological polar surface area (TPSA) is 29.1 Å². The van der Waals surface area contributed by atoms with Gasteiger partial charge in [-0.1, -0.05) is 92.1 Å². The fourth-order valence-electron chi connectivity index (χ4n) is 2.38. The molecule has 0 bridgehead atoms. The van der Waals surface area contributed by atoms with E-state index in [1.807, 2.05) is 51.2 Å². The summed E-state index contributed by atoms with van der Waals surface area (Å²) < 4.78 is 0. The SMILES string of the molecule is CC.CCC(C)(C)CC(C)(C)C(=O)c1ccccc1.CCNC. The molecule has 0 saturated heterocycles. The number of Topliss-reactive ketones (excluding diaryl/α,β-unsaturated/α-hetero) is 1. The molecule has 0 amide bonds. The number of carbonyl (C=O) groups is 1. The molecule has 0 spiro atoms. The van der Waals surface area contributed by atoms with Crippen molar-refractivity contribution in [2.75, 3.05) is 13.6 Å². The number of carbonyl (C=O) groups excluding carboxylic acids is 1. The standard InChI is InChI=1S/C16H24O.C3H9N.C2H6/c1-6-15(2,3)12-16(4,5)14(17)13-10-8-7-9-11-13;1-3-4-2;1-2/h7-11H,6,12H2,1-5H3;4H,3H2,1-2H3;1-2H3. The van der Waals surface area contributed by atoms with Gasteiger partial charge in [-0.2, -0.15) is 0 Å². The summed E-state index contributed by atoms with van der Waals surface area (Å²) >= 11 is 0. The smallest absolute Gasteiger partial charge is 0.168 e. The lowest BCUT2D eigenvalue weighted by molar-refractivity contribution is 0.0755. The molecular formula is C21H39NO. The summed E-state index contributed by atoms with van der Waals surface area (Å²) in [6.07, 6.45) is 2.02. The van der Waals surface area contributed by atoms with Crippen LogP contribution < -0.4 is 5.32 Å². The molecule has 23 heavy (non-hydrogen) atoms. The van der Waals surface area contributed by atoms with E-state index in [4.69, 9.17) is 0 Å². The Hall–Kier alpha value is -1.15. The number of ketones is 1. The molecule has 0 radical (unpaired) electrons. The van der Waals surface area contributed by atoms with E-state index >= 15 is 0 Å². The van der Waals surface area contributed by atoms with Crippen molar-refractivity contribution in [3.05, 3.63) is 35.9 Å². The van der Waals surface area contributed by atoms with Gasteiger partial charge in [0.2, 0.25) is 0 Å². The average Bonchev–Trinajstić information content (AvgIpc) is 2.56. The van der Waals surface area contributed by atoms with Gasteiger partial charge in [0.05, 0.1) is 0 Å². The maximum Gasteiger partial charge on any atom is 0.168 e. The Labute approximate surface area is 145 Å². The van der Waals surface area contributed by atoms with E-state index in [0.29, 0.717) is 0 Å². The van der Waals surface area contributed by atoms with Crippen LogP contribution in [0.15, 0.2) is 30.3 Å². The van der Waals surface area contributed by atoms with Crippen LogP contribution in [-0.4, -0.2) is 19.4 Å². The van der Waals surface area contributed by atoms with Crippen LogP contribution in [-0.2, 0) is 0 Å². The molecule has 1 rings (SSSR count). The van der Waals surface area contributed by atoms with Gasteiger partial charge in [-0.15, -0.1) is 0 Å². The van der Waals surface area contributed by atoms with Crippen LogP contribution in [0.3, 0.4) is 0 Å². The number of rotatable bonds is 6. The highest BCUT2D eigenvalue weighted by Gasteiger charge is 2.34. The lowest BCUT2D eigenvalue weighted by Crippen LogP contribution is -2.30. The summed E-state index contributed by atoms with van der Waals surface area (Å²) in [4.78, 5) is 12.5. The second-order valence-electron chi connectivity index (χ2n) is 6.98. The quantitative estimate of drug-likeness (QED) is 0.654. The largest absolute Gasteiger partial charge is 0.320 e. The van der Waals surface area contributed by atoms with E-state index in [1.54, 1.807) is 0 Å². The number of hydrogen-bond acceptors (Lipinski definition) is 2. The van der Waals surface area contributed by atoms with Gasteiger partial charge in [0.25, 0.3) is 0 Å². The first-order chi connectivity index (χ1) is 10.7. The molecule has 1 aromatic carbocycles. The van der Waals surface area contributed by atoms with Gasteiger partial charge in [-0.3, -0.25) is 4.79 Å². The van der Waals surface area contributed by atoms with Crippen molar-refractivity contribution >= 4 is 5.78 Å². The van der Waals surface area contributed by atoms with Crippen LogP contribution in [0.2, 0.25) is 0 Å². The Bertz CT molecular complexity index is 405. The maximum absolute atomic E-state index is 12.5. The summed E-state index contributed by atoms with van der Waals surface area (Å²) in [5.74, 6) is 0.250. The lowest BCUT2D eigenvalue weighted by atomic mass is 9.70. The Balaban J connectivity index is 0. The van der Waals surface area contributed by atoms with Crippen LogP contribution >= 0.6 is 0 Å². The third-order valence-corrected chi connectivity index (χ3v) is 3.88. The molecule has 0 fully saturated rings. The van der Waals surface area contributed by atoms with E-state index in [1.165, 1.54) is 0 Å². The molecule has 134 valence electrons. The number of benzene rings is 1. The van der Waals surface area contributed by atoms with Gasteiger partial charge in [0.15, 0.2) is 5.78 Å². The van der Waals surface area contributed by atoms with Crippen molar-refractivity contribution in [3.63, 3.8) is 0 Å². The van der Waals surface area contributed by atoms with Crippen LogP contribution in [0.25, 0.3) is 0 Å². The first-order valence-corrected chi connectivity index (χ1v) is 8.94. The predicted octanol–water partition coefficient (Wildman–Crippen LogP) is 5.97. The third-order valence-electron chi connectivity index (χ3n) is 3.88. The van der Waals surface area contributed by atoms with Crippen LogP contribution in [0, 0.1) is 10.8 Å². The van der Waals surface area contributed by atoms with E-state index in [0.717, 1.165) is 24.9 Å². The minimum atomic E-state index is -0.291. The Kier molecular flexibility index (Phi) is 12.9. The van der Waals surface area contributed by atoms with E-state index in [-0.39, 0.29) is 16.6 Å². The summed E-state index contributed by atoms with van der Waals surface area (Å²) in [6.45, 7) is 17.9. The fourth-order valence-corrected chi connectivity index (χ4v) is 2.38. The molecule has 2 heteroatoms. The molecule has 0 aliphatic rings. The Morgan fingerprint density at radius 1 is 1.00 bits per heavy atom. The molecule has 0 aromatic heterocycles. The van der Waals surface area contributed by atoms with Crippen molar-refractivity contribution < 1.29 is 4.79 Å². The first-order valence-electron chi connectivity index (χ1n) is 8.94. The average molecular weight is 322 g/mol. The van der Waals surface area contributed by atoms with Gasteiger partial charge in [0.1, 0.15) is 0 Å². The second-order valence-corrected chi connectivity index (χ2v) is 6.98. The molecule has 2 nitrogen and oxygen atoms in total. The highest BCUT2D eigenvalue weighted by atomic mass is 16.1. The monoisotopic (exact) mass is 321 g/mol. The van der Waals surface area contributed by atoms with Gasteiger partial charge in [-0.05, 0) is 25.4 Å². The second kappa shape index (κ2) is 12.3. The number of hydrogen-bond donors (Lipinski definition) is 1. The molecule has 0 unspecified atom stereocenters. The van der Waals surface area contributed by atoms with Crippen molar-refractivity contribution in [1.82, 2.24) is 5.32 Å². The zero-order valence-corrected chi connectivity index (χ0v) is 16.9. The minimum Gasteiger partial charge on any atom is -0.320 e. The Morgan fingerprint density at radius 2 is 1.43 bits per heavy atom. The van der Waals surface area contributed by atoms with Crippen LogP contribution in [0.4, 0.5) is 0 Å². The predicted molar refractivity (Wildman–Crippen MR) is 104 cm³/mol. The van der Waals surface area contributed by atoms with Crippen LogP contribution in [0.1, 0.15) is 78.6 Å². The summed E-state index contributed by atoms with van der Waals surface area (Å²) in [5, 5.41) is 2.93. The highest BCUT2D eigenvalue weighted by molar-refractivity contribution is 6.00. The van der Waals surface area contributed by atoms with E-state index < -0.39 is 0 Å². The number of nitrogens with one attached hydrogen (secondary N) is 1. The summed E-state index contributed by atoms with van der Waals surface area (Å²) in [7, 11) is 1.93. The van der Waals surface area contributed by atoms with Crippen LogP contribution in [0.5, 0.6) is 0 Å². The summed E-state index contributed by atoms with van der Waals surface area (Å²) in [6, 6.07) is 9.61. The van der Waals surface area contributed by atoms with Gasteiger partial charge in [-0.25, -0.2) is 0 Å². The molecule has 0 aliphatic heterocycles. The third kappa shape index (κ3) is 10.3. The van der Waals surface area contributed by atoms with Gasteiger partial charge >= 0.3 is 0 Å². The molecule has 1 N–H and O–H groups in total. The molecule has 1 aromatic rings. The minimum absolute atomic E-state index is 0.216. The Morgan fingerprint density at radius 3 is 1.78 bits per heavy atom. The summed E-state index contributed by atoms with van der Waals surface area (Å²) in [5.41, 5.74) is 0.749. The first kappa shape index (κ1) is 24.1. The van der Waals surface area contributed by atoms with Crippen molar-refractivity contribution in [2.24, 2.45) is 10.8 Å². The molecule has 0 heterocycles. The normalized spacial score (nSPS) is 10.8. The molecule has 0 atom stereocenters. The highest BCUT2D eigenvalue weighted by Crippen LogP contribution is 2.38.